The van der Waals surface area contributed by atoms with Gasteiger partial charge < -0.3 is 5.11 Å². The monoisotopic (exact) mass is 222 g/mol. The van der Waals surface area contributed by atoms with Crippen LogP contribution in [0.15, 0.2) is 12.2 Å². The van der Waals surface area contributed by atoms with Gasteiger partial charge in [-0.3, -0.25) is 0 Å². The summed E-state index contributed by atoms with van der Waals surface area (Å²) in [7, 11) is 0. The van der Waals surface area contributed by atoms with Gasteiger partial charge in [-0.05, 0) is 55.8 Å². The molecule has 0 aliphatic heterocycles. The van der Waals surface area contributed by atoms with E-state index >= 15 is 0 Å². The molecule has 0 aromatic carbocycles. The normalized spacial score (nSPS) is 44.6. The summed E-state index contributed by atoms with van der Waals surface area (Å²) < 4.78 is 0. The van der Waals surface area contributed by atoms with E-state index in [1.54, 1.807) is 0 Å². The highest BCUT2D eigenvalue weighted by molar-refractivity contribution is 5.14. The van der Waals surface area contributed by atoms with Crippen LogP contribution in [-0.2, 0) is 0 Å². The minimum atomic E-state index is -0.440. The zero-order valence-electron chi connectivity index (χ0n) is 11.1. The fraction of sp³-hybridized carbons (Fsp3) is 0.867. The molecule has 0 aromatic heterocycles. The van der Waals surface area contributed by atoms with Crippen LogP contribution in [0.4, 0.5) is 0 Å². The van der Waals surface area contributed by atoms with Crippen LogP contribution < -0.4 is 0 Å². The van der Waals surface area contributed by atoms with Crippen molar-refractivity contribution in [1.29, 1.82) is 0 Å². The molecule has 2 aliphatic rings. The Morgan fingerprint density at radius 2 is 2.00 bits per heavy atom. The number of hydrogen-bond donors (Lipinski definition) is 1. The van der Waals surface area contributed by atoms with Crippen molar-refractivity contribution >= 4 is 0 Å². The minimum absolute atomic E-state index is 0.367. The molecule has 0 aromatic rings. The predicted octanol–water partition coefficient (Wildman–Crippen LogP) is 3.92. The van der Waals surface area contributed by atoms with Crippen molar-refractivity contribution in [3.63, 3.8) is 0 Å². The lowest BCUT2D eigenvalue weighted by molar-refractivity contribution is -0.0915. The molecule has 0 heterocycles. The Kier molecular flexibility index (Phi) is 2.94. The fourth-order valence-corrected chi connectivity index (χ4v) is 3.73. The van der Waals surface area contributed by atoms with Crippen molar-refractivity contribution < 1.29 is 5.11 Å². The zero-order chi connectivity index (χ0) is 12.0. The first-order valence-electron chi connectivity index (χ1n) is 6.77. The maximum atomic E-state index is 10.7. The standard InChI is InChI=1S/C15H26O/c1-11(2)15(16)9-8-14(4)7-5-6-12(3)13(14)10-15/h11,13,16H,3,5-10H2,1-2,4H3/t13-,14+,15-/m0/s1. The van der Waals surface area contributed by atoms with Gasteiger partial charge in [0.15, 0.2) is 0 Å². The summed E-state index contributed by atoms with van der Waals surface area (Å²) in [6.45, 7) is 11.0. The van der Waals surface area contributed by atoms with Crippen LogP contribution >= 0.6 is 0 Å². The number of hydrogen-bond acceptors (Lipinski definition) is 1. The maximum Gasteiger partial charge on any atom is 0.0676 e. The lowest BCUT2D eigenvalue weighted by Gasteiger charge is -2.52. The first-order chi connectivity index (χ1) is 7.37. The molecule has 0 amide bonds. The molecule has 1 N–H and O–H groups in total. The van der Waals surface area contributed by atoms with E-state index in [4.69, 9.17) is 0 Å². The second-order valence-electron chi connectivity index (χ2n) is 6.68. The molecule has 0 bridgehead atoms. The summed E-state index contributed by atoms with van der Waals surface area (Å²) in [6.07, 6.45) is 6.89. The Bertz CT molecular complexity index is 294. The fourth-order valence-electron chi connectivity index (χ4n) is 3.73. The lowest BCUT2D eigenvalue weighted by atomic mass is 9.54. The topological polar surface area (TPSA) is 20.2 Å². The summed E-state index contributed by atoms with van der Waals surface area (Å²) in [5.74, 6) is 0.925. The Labute approximate surface area is 99.9 Å². The van der Waals surface area contributed by atoms with Crippen LogP contribution in [0.3, 0.4) is 0 Å². The van der Waals surface area contributed by atoms with Gasteiger partial charge in [-0.1, -0.05) is 32.9 Å². The van der Waals surface area contributed by atoms with E-state index in [1.807, 2.05) is 0 Å². The Balaban J connectivity index is 2.21. The van der Waals surface area contributed by atoms with Crippen molar-refractivity contribution in [3.8, 4) is 0 Å². The molecule has 2 aliphatic carbocycles. The van der Waals surface area contributed by atoms with Crippen LogP contribution in [0.1, 0.15) is 59.3 Å². The van der Waals surface area contributed by atoms with Gasteiger partial charge in [-0.2, -0.15) is 0 Å². The number of rotatable bonds is 1. The largest absolute Gasteiger partial charge is 0.390 e. The van der Waals surface area contributed by atoms with Crippen LogP contribution in [-0.4, -0.2) is 10.7 Å². The second kappa shape index (κ2) is 3.87. The highest BCUT2D eigenvalue weighted by Gasteiger charge is 2.48. The molecule has 3 atom stereocenters. The quantitative estimate of drug-likeness (QED) is 0.667. The first kappa shape index (κ1) is 12.2. The van der Waals surface area contributed by atoms with E-state index in [9.17, 15) is 5.11 Å². The molecular formula is C15H26O. The third-order valence-corrected chi connectivity index (χ3v) is 5.34. The van der Waals surface area contributed by atoms with Crippen LogP contribution in [0.2, 0.25) is 0 Å². The van der Waals surface area contributed by atoms with E-state index in [2.05, 4.69) is 27.4 Å². The smallest absolute Gasteiger partial charge is 0.0676 e. The zero-order valence-corrected chi connectivity index (χ0v) is 11.1. The predicted molar refractivity (Wildman–Crippen MR) is 68.2 cm³/mol. The Hall–Kier alpha value is -0.300. The van der Waals surface area contributed by atoms with Crippen molar-refractivity contribution in [2.24, 2.45) is 17.3 Å². The SMILES string of the molecule is C=C1CCC[C@]2(C)CC[C@@](O)(C(C)C)C[C@@H]12. The van der Waals surface area contributed by atoms with Crippen LogP contribution in [0.5, 0.6) is 0 Å². The number of aliphatic hydroxyl groups is 1. The number of allylic oxidation sites excluding steroid dienone is 1. The molecular weight excluding hydrogens is 196 g/mol. The van der Waals surface area contributed by atoms with Crippen LogP contribution in [0, 0.1) is 17.3 Å². The third kappa shape index (κ3) is 1.84. The molecule has 0 unspecified atom stereocenters. The Morgan fingerprint density at radius 3 is 2.62 bits per heavy atom. The molecule has 2 rings (SSSR count). The molecule has 0 radical (unpaired) electrons. The van der Waals surface area contributed by atoms with Gasteiger partial charge in [-0.15, -0.1) is 0 Å². The van der Waals surface area contributed by atoms with Crippen molar-refractivity contribution in [2.45, 2.75) is 64.9 Å². The average molecular weight is 222 g/mol. The van der Waals surface area contributed by atoms with Gasteiger partial charge in [0, 0.05) is 0 Å². The highest BCUT2D eigenvalue weighted by Crippen LogP contribution is 2.55. The summed E-state index contributed by atoms with van der Waals surface area (Å²) in [5, 5.41) is 10.7. The van der Waals surface area contributed by atoms with E-state index in [0.717, 1.165) is 12.8 Å². The summed E-state index contributed by atoms with van der Waals surface area (Å²) in [5.41, 5.74) is 1.38. The van der Waals surface area contributed by atoms with Gasteiger partial charge in [0.1, 0.15) is 0 Å². The van der Waals surface area contributed by atoms with Gasteiger partial charge in [0.25, 0.3) is 0 Å². The third-order valence-electron chi connectivity index (χ3n) is 5.34. The molecule has 1 nitrogen and oxygen atoms in total. The second-order valence-corrected chi connectivity index (χ2v) is 6.68. The van der Waals surface area contributed by atoms with Crippen molar-refractivity contribution in [1.82, 2.24) is 0 Å². The molecule has 16 heavy (non-hydrogen) atoms. The van der Waals surface area contributed by atoms with Crippen molar-refractivity contribution in [3.05, 3.63) is 12.2 Å². The van der Waals surface area contributed by atoms with Gasteiger partial charge >= 0.3 is 0 Å². The molecule has 0 spiro atoms. The highest BCUT2D eigenvalue weighted by atomic mass is 16.3. The summed E-state index contributed by atoms with van der Waals surface area (Å²) in [6, 6.07) is 0. The van der Waals surface area contributed by atoms with E-state index < -0.39 is 5.60 Å². The first-order valence-corrected chi connectivity index (χ1v) is 6.77. The van der Waals surface area contributed by atoms with Crippen molar-refractivity contribution in [2.75, 3.05) is 0 Å². The molecule has 92 valence electrons. The van der Waals surface area contributed by atoms with E-state index in [0.29, 0.717) is 17.3 Å². The van der Waals surface area contributed by atoms with E-state index in [-0.39, 0.29) is 0 Å². The number of fused-ring (bicyclic) bond motifs is 1. The van der Waals surface area contributed by atoms with Gasteiger partial charge in [-0.25, -0.2) is 0 Å². The maximum absolute atomic E-state index is 10.7. The Morgan fingerprint density at radius 1 is 1.31 bits per heavy atom. The lowest BCUT2D eigenvalue weighted by Crippen LogP contribution is -2.48. The van der Waals surface area contributed by atoms with E-state index in [1.165, 1.54) is 31.3 Å². The minimum Gasteiger partial charge on any atom is -0.390 e. The molecule has 1 heteroatoms. The average Bonchev–Trinajstić information content (AvgIpc) is 2.21. The molecule has 2 fully saturated rings. The van der Waals surface area contributed by atoms with Gasteiger partial charge in [0.05, 0.1) is 5.60 Å². The molecule has 2 saturated carbocycles. The summed E-state index contributed by atoms with van der Waals surface area (Å²) in [4.78, 5) is 0. The van der Waals surface area contributed by atoms with Crippen LogP contribution in [0.25, 0.3) is 0 Å². The summed E-state index contributed by atoms with van der Waals surface area (Å²) >= 11 is 0. The van der Waals surface area contributed by atoms with Gasteiger partial charge in [0.2, 0.25) is 0 Å². The molecule has 0 saturated heterocycles.